The molecule has 23 heavy (non-hydrogen) atoms. The number of ether oxygens (including phenoxy) is 1. The molecule has 4 nitrogen and oxygen atoms in total. The molecule has 1 N–H and O–H groups in total. The fraction of sp³-hybridized carbons (Fsp3) is 0.111. The average molecular weight is 374 g/mol. The molecule has 0 aromatic heterocycles. The largest absolute Gasteiger partial charge is 0.452 e. The van der Waals surface area contributed by atoms with Gasteiger partial charge < -0.3 is 10.1 Å². The number of amides is 1. The van der Waals surface area contributed by atoms with Gasteiger partial charge in [-0.3, -0.25) is 4.79 Å². The lowest BCUT2D eigenvalue weighted by Gasteiger charge is -2.07. The predicted molar refractivity (Wildman–Crippen MR) is 93.9 cm³/mol. The molecule has 118 valence electrons. The SMILES string of the molecule is Cc1cc(NC(=O)COC(=O)/C=C/c2ccccc2)ccc1Br. The second-order valence-corrected chi connectivity index (χ2v) is 5.72. The van der Waals surface area contributed by atoms with E-state index in [9.17, 15) is 9.59 Å². The lowest BCUT2D eigenvalue weighted by atomic mass is 10.2. The normalized spacial score (nSPS) is 10.5. The van der Waals surface area contributed by atoms with Crippen LogP contribution in [-0.4, -0.2) is 18.5 Å². The number of rotatable bonds is 5. The van der Waals surface area contributed by atoms with Gasteiger partial charge in [-0.25, -0.2) is 4.79 Å². The summed E-state index contributed by atoms with van der Waals surface area (Å²) in [5.74, 6) is -0.941. The van der Waals surface area contributed by atoms with Crippen LogP contribution in [0.15, 0.2) is 59.1 Å². The van der Waals surface area contributed by atoms with Gasteiger partial charge in [0.1, 0.15) is 0 Å². The first kappa shape index (κ1) is 17.0. The molecule has 0 aliphatic rings. The van der Waals surface area contributed by atoms with Crippen LogP contribution in [0.2, 0.25) is 0 Å². The Kier molecular flexibility index (Phi) is 6.11. The predicted octanol–water partition coefficient (Wildman–Crippen LogP) is 3.95. The summed E-state index contributed by atoms with van der Waals surface area (Å²) in [5, 5.41) is 2.68. The molecule has 0 aliphatic carbocycles. The van der Waals surface area contributed by atoms with Gasteiger partial charge in [0, 0.05) is 16.2 Å². The minimum Gasteiger partial charge on any atom is -0.452 e. The number of nitrogens with one attached hydrogen (secondary N) is 1. The van der Waals surface area contributed by atoms with E-state index in [4.69, 9.17) is 4.74 Å². The maximum absolute atomic E-state index is 11.8. The topological polar surface area (TPSA) is 55.4 Å². The van der Waals surface area contributed by atoms with E-state index in [-0.39, 0.29) is 12.5 Å². The van der Waals surface area contributed by atoms with Crippen molar-refractivity contribution in [3.8, 4) is 0 Å². The molecule has 0 fully saturated rings. The van der Waals surface area contributed by atoms with Crippen LogP contribution in [-0.2, 0) is 14.3 Å². The van der Waals surface area contributed by atoms with Gasteiger partial charge in [-0.1, -0.05) is 46.3 Å². The van der Waals surface area contributed by atoms with E-state index in [1.165, 1.54) is 6.08 Å². The van der Waals surface area contributed by atoms with E-state index in [0.717, 1.165) is 15.6 Å². The molecule has 0 heterocycles. The van der Waals surface area contributed by atoms with Crippen LogP contribution in [0.25, 0.3) is 6.08 Å². The standard InChI is InChI=1S/C18H16BrNO3/c1-13-11-15(8-9-16(13)19)20-17(21)12-23-18(22)10-7-14-5-3-2-4-6-14/h2-11H,12H2,1H3,(H,20,21)/b10-7+. The zero-order chi connectivity index (χ0) is 16.7. The number of esters is 1. The Morgan fingerprint density at radius 3 is 2.61 bits per heavy atom. The average Bonchev–Trinajstić information content (AvgIpc) is 2.55. The van der Waals surface area contributed by atoms with Crippen molar-refractivity contribution in [3.63, 3.8) is 0 Å². The molecule has 1 amide bonds. The van der Waals surface area contributed by atoms with Gasteiger partial charge in [0.2, 0.25) is 0 Å². The van der Waals surface area contributed by atoms with Crippen molar-refractivity contribution in [1.29, 1.82) is 0 Å². The third-order valence-corrected chi connectivity index (χ3v) is 3.89. The fourth-order valence-electron chi connectivity index (χ4n) is 1.83. The minimum absolute atomic E-state index is 0.326. The highest BCUT2D eigenvalue weighted by Crippen LogP contribution is 2.19. The summed E-state index contributed by atoms with van der Waals surface area (Å²) in [6, 6.07) is 14.8. The van der Waals surface area contributed by atoms with Gasteiger partial charge in [0.25, 0.3) is 5.91 Å². The van der Waals surface area contributed by atoms with E-state index < -0.39 is 5.97 Å². The van der Waals surface area contributed by atoms with Gasteiger partial charge >= 0.3 is 5.97 Å². The molecule has 2 aromatic rings. The van der Waals surface area contributed by atoms with Gasteiger partial charge in [-0.05, 0) is 42.3 Å². The molecule has 0 unspecified atom stereocenters. The van der Waals surface area contributed by atoms with Crippen molar-refractivity contribution < 1.29 is 14.3 Å². The third kappa shape index (κ3) is 5.71. The Balaban J connectivity index is 1.80. The Labute approximate surface area is 143 Å². The lowest BCUT2D eigenvalue weighted by molar-refractivity contribution is -0.142. The zero-order valence-corrected chi connectivity index (χ0v) is 14.2. The fourth-order valence-corrected chi connectivity index (χ4v) is 2.08. The number of aryl methyl sites for hydroxylation is 1. The summed E-state index contributed by atoms with van der Waals surface area (Å²) in [6.07, 6.45) is 2.94. The van der Waals surface area contributed by atoms with E-state index in [1.54, 1.807) is 12.1 Å². The molecule has 0 saturated carbocycles. The summed E-state index contributed by atoms with van der Waals surface area (Å²) < 4.78 is 5.87. The number of carbonyl (C=O) groups is 2. The first-order chi connectivity index (χ1) is 11.0. The highest BCUT2D eigenvalue weighted by Gasteiger charge is 2.06. The van der Waals surface area contributed by atoms with Crippen LogP contribution < -0.4 is 5.32 Å². The summed E-state index contributed by atoms with van der Waals surface area (Å²) in [6.45, 7) is 1.60. The molecule has 0 saturated heterocycles. The Morgan fingerprint density at radius 1 is 1.17 bits per heavy atom. The van der Waals surface area contributed by atoms with Gasteiger partial charge in [0.15, 0.2) is 6.61 Å². The van der Waals surface area contributed by atoms with Crippen LogP contribution in [0, 0.1) is 6.92 Å². The number of halogens is 1. The number of benzene rings is 2. The lowest BCUT2D eigenvalue weighted by Crippen LogP contribution is -2.20. The molecular weight excluding hydrogens is 358 g/mol. The summed E-state index contributed by atoms with van der Waals surface area (Å²) in [4.78, 5) is 23.3. The number of hydrogen-bond donors (Lipinski definition) is 1. The molecule has 2 aromatic carbocycles. The quantitative estimate of drug-likeness (QED) is 0.637. The summed E-state index contributed by atoms with van der Waals surface area (Å²) >= 11 is 3.39. The zero-order valence-electron chi connectivity index (χ0n) is 12.6. The van der Waals surface area contributed by atoms with Crippen molar-refractivity contribution >= 4 is 39.6 Å². The summed E-state index contributed by atoms with van der Waals surface area (Å²) in [7, 11) is 0. The second-order valence-electron chi connectivity index (χ2n) is 4.86. The second kappa shape index (κ2) is 8.29. The van der Waals surface area contributed by atoms with Gasteiger partial charge in [0.05, 0.1) is 0 Å². The van der Waals surface area contributed by atoms with Crippen molar-refractivity contribution in [2.45, 2.75) is 6.92 Å². The Bertz CT molecular complexity index is 726. The molecule has 0 radical (unpaired) electrons. The van der Waals surface area contributed by atoms with E-state index in [2.05, 4.69) is 21.2 Å². The molecule has 0 atom stereocenters. The highest BCUT2D eigenvalue weighted by atomic mass is 79.9. The number of anilines is 1. The van der Waals surface area contributed by atoms with Gasteiger partial charge in [-0.2, -0.15) is 0 Å². The van der Waals surface area contributed by atoms with Crippen LogP contribution in [0.3, 0.4) is 0 Å². The van der Waals surface area contributed by atoms with Crippen molar-refractivity contribution in [2.24, 2.45) is 0 Å². The Hall–Kier alpha value is -2.40. The van der Waals surface area contributed by atoms with E-state index in [0.29, 0.717) is 5.69 Å². The first-order valence-electron chi connectivity index (χ1n) is 7.00. The van der Waals surface area contributed by atoms with Crippen LogP contribution >= 0.6 is 15.9 Å². The molecule has 5 heteroatoms. The smallest absolute Gasteiger partial charge is 0.331 e. The van der Waals surface area contributed by atoms with E-state index in [1.807, 2.05) is 49.4 Å². The van der Waals surface area contributed by atoms with Gasteiger partial charge in [-0.15, -0.1) is 0 Å². The number of carbonyl (C=O) groups excluding carboxylic acids is 2. The monoisotopic (exact) mass is 373 g/mol. The molecule has 0 bridgehead atoms. The maximum Gasteiger partial charge on any atom is 0.331 e. The maximum atomic E-state index is 11.8. The minimum atomic E-state index is -0.559. The first-order valence-corrected chi connectivity index (χ1v) is 7.80. The van der Waals surface area contributed by atoms with Crippen LogP contribution in [0.5, 0.6) is 0 Å². The van der Waals surface area contributed by atoms with Crippen molar-refractivity contribution in [3.05, 3.63) is 70.2 Å². The van der Waals surface area contributed by atoms with E-state index >= 15 is 0 Å². The van der Waals surface area contributed by atoms with Crippen molar-refractivity contribution in [2.75, 3.05) is 11.9 Å². The summed E-state index contributed by atoms with van der Waals surface area (Å²) in [5.41, 5.74) is 2.55. The molecule has 0 spiro atoms. The highest BCUT2D eigenvalue weighted by molar-refractivity contribution is 9.10. The molecular formula is C18H16BrNO3. The molecule has 2 rings (SSSR count). The third-order valence-electron chi connectivity index (χ3n) is 3.00. The van der Waals surface area contributed by atoms with Crippen LogP contribution in [0.4, 0.5) is 5.69 Å². The number of hydrogen-bond acceptors (Lipinski definition) is 3. The Morgan fingerprint density at radius 2 is 1.91 bits per heavy atom. The molecule has 0 aliphatic heterocycles. The van der Waals surface area contributed by atoms with Crippen LogP contribution in [0.1, 0.15) is 11.1 Å². The van der Waals surface area contributed by atoms with Crippen molar-refractivity contribution in [1.82, 2.24) is 0 Å².